The van der Waals surface area contributed by atoms with Crippen LogP contribution in [0.4, 0.5) is 0 Å². The number of benzene rings is 1. The van der Waals surface area contributed by atoms with Gasteiger partial charge in [-0.25, -0.2) is 5.43 Å². The summed E-state index contributed by atoms with van der Waals surface area (Å²) in [7, 11) is 0. The van der Waals surface area contributed by atoms with Gasteiger partial charge in [-0.3, -0.25) is 4.79 Å². The van der Waals surface area contributed by atoms with E-state index >= 15 is 0 Å². The fourth-order valence-corrected chi connectivity index (χ4v) is 1.49. The van der Waals surface area contributed by atoms with Crippen LogP contribution < -0.4 is 5.43 Å². The number of unbranched alkanes of at least 4 members (excludes halogenated alkanes) is 3. The third kappa shape index (κ3) is 6.51. The number of hydrazone groups is 1. The molecule has 3 heteroatoms. The summed E-state index contributed by atoms with van der Waals surface area (Å²) in [5.41, 5.74) is 3.54. The van der Waals surface area contributed by atoms with Crippen molar-refractivity contribution < 1.29 is 4.79 Å². The van der Waals surface area contributed by atoms with Crippen LogP contribution in [0.25, 0.3) is 0 Å². The first kappa shape index (κ1) is 13.4. The summed E-state index contributed by atoms with van der Waals surface area (Å²) in [6.07, 6.45) is 6.64. The Labute approximate surface area is 103 Å². The third-order valence-corrected chi connectivity index (χ3v) is 2.42. The third-order valence-electron chi connectivity index (χ3n) is 2.42. The Morgan fingerprint density at radius 2 is 2.06 bits per heavy atom. The molecule has 1 rings (SSSR count). The molecular weight excluding hydrogens is 212 g/mol. The van der Waals surface area contributed by atoms with E-state index in [4.69, 9.17) is 0 Å². The molecule has 0 aromatic heterocycles. The number of rotatable bonds is 7. The predicted molar refractivity (Wildman–Crippen MR) is 70.9 cm³/mol. The largest absolute Gasteiger partial charge is 0.273 e. The highest BCUT2D eigenvalue weighted by molar-refractivity contribution is 5.79. The van der Waals surface area contributed by atoms with Crippen LogP contribution in [0.5, 0.6) is 0 Å². The zero-order valence-electron chi connectivity index (χ0n) is 10.4. The van der Waals surface area contributed by atoms with E-state index in [0.717, 1.165) is 18.4 Å². The molecule has 1 aromatic rings. The van der Waals surface area contributed by atoms with Crippen LogP contribution in [0.2, 0.25) is 0 Å². The van der Waals surface area contributed by atoms with Gasteiger partial charge in [0.1, 0.15) is 0 Å². The first-order valence-electron chi connectivity index (χ1n) is 6.17. The van der Waals surface area contributed by atoms with Gasteiger partial charge in [-0.2, -0.15) is 5.10 Å². The van der Waals surface area contributed by atoms with Crippen LogP contribution in [0.15, 0.2) is 35.4 Å². The number of hydrogen-bond donors (Lipinski definition) is 1. The minimum atomic E-state index is -0.0667. The second-order valence-electron chi connectivity index (χ2n) is 4.00. The highest BCUT2D eigenvalue weighted by Crippen LogP contribution is 1.99. The van der Waals surface area contributed by atoms with E-state index in [1.54, 1.807) is 6.21 Å². The van der Waals surface area contributed by atoms with E-state index in [1.165, 1.54) is 12.8 Å². The Kier molecular flexibility index (Phi) is 6.72. The van der Waals surface area contributed by atoms with Gasteiger partial charge in [0, 0.05) is 6.21 Å². The standard InChI is InChI=1S/C14H20N2O/c1-2-3-4-8-11-15-16-14(17)12-13-9-6-5-7-10-13/h5-7,9-11H,2-4,8,12H2,1H3,(H,16,17)/b15-11-. The summed E-state index contributed by atoms with van der Waals surface area (Å²) < 4.78 is 0. The molecule has 1 N–H and O–H groups in total. The van der Waals surface area contributed by atoms with E-state index in [1.807, 2.05) is 30.3 Å². The van der Waals surface area contributed by atoms with Gasteiger partial charge in [-0.15, -0.1) is 0 Å². The van der Waals surface area contributed by atoms with Crippen LogP contribution in [-0.2, 0) is 11.2 Å². The van der Waals surface area contributed by atoms with Crippen LogP contribution >= 0.6 is 0 Å². The Morgan fingerprint density at radius 3 is 2.76 bits per heavy atom. The minimum Gasteiger partial charge on any atom is -0.273 e. The van der Waals surface area contributed by atoms with Crippen molar-refractivity contribution in [1.82, 2.24) is 5.43 Å². The molecule has 0 saturated heterocycles. The van der Waals surface area contributed by atoms with Gasteiger partial charge in [-0.05, 0) is 18.4 Å². The molecule has 17 heavy (non-hydrogen) atoms. The Bertz CT molecular complexity index is 346. The number of carbonyl (C=O) groups excluding carboxylic acids is 1. The van der Waals surface area contributed by atoms with Gasteiger partial charge in [0.2, 0.25) is 5.91 Å². The average molecular weight is 232 g/mol. The molecule has 0 aliphatic heterocycles. The molecule has 0 unspecified atom stereocenters. The molecule has 0 atom stereocenters. The van der Waals surface area contributed by atoms with Crippen molar-refractivity contribution >= 4 is 12.1 Å². The molecule has 0 radical (unpaired) electrons. The van der Waals surface area contributed by atoms with Crippen molar-refractivity contribution in [3.63, 3.8) is 0 Å². The maximum absolute atomic E-state index is 11.5. The van der Waals surface area contributed by atoms with Gasteiger partial charge in [0.15, 0.2) is 0 Å². The van der Waals surface area contributed by atoms with E-state index in [2.05, 4.69) is 17.5 Å². The normalized spacial score (nSPS) is 10.6. The first-order chi connectivity index (χ1) is 8.33. The number of amides is 1. The summed E-state index contributed by atoms with van der Waals surface area (Å²) in [6.45, 7) is 2.17. The van der Waals surface area contributed by atoms with E-state index in [0.29, 0.717) is 6.42 Å². The number of nitrogens with one attached hydrogen (secondary N) is 1. The fourth-order valence-electron chi connectivity index (χ4n) is 1.49. The van der Waals surface area contributed by atoms with Gasteiger partial charge in [-0.1, -0.05) is 50.1 Å². The van der Waals surface area contributed by atoms with Crippen LogP contribution in [-0.4, -0.2) is 12.1 Å². The van der Waals surface area contributed by atoms with Crippen LogP contribution in [0.1, 0.15) is 38.2 Å². The fraction of sp³-hybridized carbons (Fsp3) is 0.429. The molecule has 0 bridgehead atoms. The topological polar surface area (TPSA) is 41.5 Å². The van der Waals surface area contributed by atoms with Crippen LogP contribution in [0.3, 0.4) is 0 Å². The molecule has 1 amide bonds. The van der Waals surface area contributed by atoms with Crippen LogP contribution in [0, 0.1) is 0 Å². The predicted octanol–water partition coefficient (Wildman–Crippen LogP) is 2.91. The lowest BCUT2D eigenvalue weighted by atomic mass is 10.1. The second kappa shape index (κ2) is 8.50. The number of carbonyl (C=O) groups is 1. The van der Waals surface area contributed by atoms with Crippen molar-refractivity contribution in [3.05, 3.63) is 35.9 Å². The van der Waals surface area contributed by atoms with E-state index < -0.39 is 0 Å². The number of nitrogens with zero attached hydrogens (tertiary/aromatic N) is 1. The Hall–Kier alpha value is -1.64. The van der Waals surface area contributed by atoms with E-state index in [9.17, 15) is 4.79 Å². The molecule has 0 fully saturated rings. The average Bonchev–Trinajstić information content (AvgIpc) is 2.35. The summed E-state index contributed by atoms with van der Waals surface area (Å²) in [5, 5.41) is 3.91. The van der Waals surface area contributed by atoms with Crippen molar-refractivity contribution in [2.24, 2.45) is 5.10 Å². The maximum atomic E-state index is 11.5. The molecular formula is C14H20N2O. The summed E-state index contributed by atoms with van der Waals surface area (Å²) in [6, 6.07) is 9.66. The summed E-state index contributed by atoms with van der Waals surface area (Å²) in [5.74, 6) is -0.0667. The van der Waals surface area contributed by atoms with Gasteiger partial charge < -0.3 is 0 Å². The summed E-state index contributed by atoms with van der Waals surface area (Å²) >= 11 is 0. The smallest absolute Gasteiger partial charge is 0.244 e. The molecule has 0 aliphatic carbocycles. The molecule has 0 heterocycles. The quantitative estimate of drug-likeness (QED) is 0.438. The summed E-state index contributed by atoms with van der Waals surface area (Å²) in [4.78, 5) is 11.5. The molecule has 3 nitrogen and oxygen atoms in total. The minimum absolute atomic E-state index is 0.0667. The Morgan fingerprint density at radius 1 is 1.29 bits per heavy atom. The van der Waals surface area contributed by atoms with Crippen molar-refractivity contribution in [3.8, 4) is 0 Å². The van der Waals surface area contributed by atoms with Gasteiger partial charge in [0.25, 0.3) is 0 Å². The van der Waals surface area contributed by atoms with Crippen molar-refractivity contribution in [1.29, 1.82) is 0 Å². The number of hydrogen-bond acceptors (Lipinski definition) is 2. The highest BCUT2D eigenvalue weighted by Gasteiger charge is 2.00. The maximum Gasteiger partial charge on any atom is 0.244 e. The van der Waals surface area contributed by atoms with Gasteiger partial charge in [0.05, 0.1) is 6.42 Å². The zero-order valence-corrected chi connectivity index (χ0v) is 10.4. The highest BCUT2D eigenvalue weighted by atomic mass is 16.2. The van der Waals surface area contributed by atoms with Crippen molar-refractivity contribution in [2.75, 3.05) is 0 Å². The molecule has 1 aromatic carbocycles. The Balaban J connectivity index is 2.17. The molecule has 0 aliphatic rings. The zero-order chi connectivity index (χ0) is 12.3. The lowest BCUT2D eigenvalue weighted by molar-refractivity contribution is -0.120. The lowest BCUT2D eigenvalue weighted by Gasteiger charge is -1.99. The first-order valence-corrected chi connectivity index (χ1v) is 6.17. The molecule has 0 spiro atoms. The lowest BCUT2D eigenvalue weighted by Crippen LogP contribution is -2.19. The van der Waals surface area contributed by atoms with Crippen molar-refractivity contribution in [2.45, 2.75) is 39.0 Å². The van der Waals surface area contributed by atoms with E-state index in [-0.39, 0.29) is 5.91 Å². The molecule has 0 saturated carbocycles. The van der Waals surface area contributed by atoms with Gasteiger partial charge >= 0.3 is 0 Å². The SMILES string of the molecule is CCCCC/C=N\NC(=O)Cc1ccccc1. The molecule has 92 valence electrons. The second-order valence-corrected chi connectivity index (χ2v) is 4.00. The monoisotopic (exact) mass is 232 g/mol.